The van der Waals surface area contributed by atoms with E-state index >= 15 is 0 Å². The second-order valence-corrected chi connectivity index (χ2v) is 4.41. The van der Waals surface area contributed by atoms with Gasteiger partial charge in [-0.05, 0) is 19.4 Å². The molecule has 0 saturated carbocycles. The molecule has 0 aromatic carbocycles. The second kappa shape index (κ2) is 6.98. The van der Waals surface area contributed by atoms with E-state index in [2.05, 4.69) is 39.3 Å². The van der Waals surface area contributed by atoms with Crippen molar-refractivity contribution in [1.82, 2.24) is 34.8 Å². The first-order chi connectivity index (χ1) is 9.35. The molecule has 0 radical (unpaired) electrons. The average Bonchev–Trinajstić information content (AvgIpc) is 3.02. The Morgan fingerprint density at radius 3 is 2.47 bits per heavy atom. The average molecular weight is 263 g/mol. The van der Waals surface area contributed by atoms with Crippen LogP contribution in [-0.4, -0.2) is 36.1 Å². The van der Waals surface area contributed by atoms with Crippen molar-refractivity contribution in [3.63, 3.8) is 0 Å². The Morgan fingerprint density at radius 1 is 1.00 bits per heavy atom. The van der Waals surface area contributed by atoms with Crippen LogP contribution >= 0.6 is 0 Å². The predicted octanol–water partition coefficient (Wildman–Crippen LogP) is 0.827. The first kappa shape index (κ1) is 13.7. The summed E-state index contributed by atoms with van der Waals surface area (Å²) in [5.74, 6) is 1.85. The number of rotatable bonds is 8. The Bertz CT molecular complexity index is 488. The van der Waals surface area contributed by atoms with Crippen molar-refractivity contribution < 1.29 is 0 Å². The smallest absolute Gasteiger partial charge is 0.148 e. The highest BCUT2D eigenvalue weighted by atomic mass is 15.4. The van der Waals surface area contributed by atoms with E-state index in [1.807, 2.05) is 9.36 Å². The molecule has 0 atom stereocenters. The molecule has 2 heterocycles. The van der Waals surface area contributed by atoms with Crippen molar-refractivity contribution in [3.8, 4) is 0 Å². The van der Waals surface area contributed by atoms with Crippen molar-refractivity contribution in [1.29, 1.82) is 0 Å². The molecule has 0 aliphatic heterocycles. The minimum atomic E-state index is 0.614. The van der Waals surface area contributed by atoms with Crippen LogP contribution in [0.3, 0.4) is 0 Å². The van der Waals surface area contributed by atoms with Crippen LogP contribution < -0.4 is 5.32 Å². The number of nitrogens with one attached hydrogen (secondary N) is 1. The van der Waals surface area contributed by atoms with Crippen molar-refractivity contribution in [2.45, 2.75) is 46.3 Å². The van der Waals surface area contributed by atoms with Crippen LogP contribution in [0.15, 0.2) is 12.7 Å². The van der Waals surface area contributed by atoms with E-state index in [1.54, 1.807) is 12.7 Å². The summed E-state index contributed by atoms with van der Waals surface area (Å²) in [5.41, 5.74) is 0. The van der Waals surface area contributed by atoms with E-state index in [1.165, 1.54) is 0 Å². The molecule has 0 saturated heterocycles. The lowest BCUT2D eigenvalue weighted by atomic mass is 10.4. The van der Waals surface area contributed by atoms with E-state index in [0.717, 1.165) is 44.1 Å². The summed E-state index contributed by atoms with van der Waals surface area (Å²) >= 11 is 0. The first-order valence-electron chi connectivity index (χ1n) is 6.79. The van der Waals surface area contributed by atoms with Gasteiger partial charge in [-0.3, -0.25) is 0 Å². The van der Waals surface area contributed by atoms with E-state index in [-0.39, 0.29) is 0 Å². The third-order valence-corrected chi connectivity index (χ3v) is 2.83. The normalized spacial score (nSPS) is 11.1. The predicted molar refractivity (Wildman–Crippen MR) is 71.4 cm³/mol. The third kappa shape index (κ3) is 3.60. The summed E-state index contributed by atoms with van der Waals surface area (Å²) in [5, 5.41) is 11.8. The molecule has 2 aromatic rings. The molecule has 2 rings (SSSR count). The molecule has 1 N–H and O–H groups in total. The molecular weight excluding hydrogens is 242 g/mol. The summed E-state index contributed by atoms with van der Waals surface area (Å²) in [7, 11) is 0. The fraction of sp³-hybridized carbons (Fsp3) is 0.667. The lowest BCUT2D eigenvalue weighted by molar-refractivity contribution is 0.519. The minimum Gasteiger partial charge on any atom is -0.310 e. The molecule has 0 spiro atoms. The van der Waals surface area contributed by atoms with Gasteiger partial charge in [-0.15, -0.1) is 0 Å². The highest BCUT2D eigenvalue weighted by molar-refractivity contribution is 4.91. The molecule has 19 heavy (non-hydrogen) atoms. The van der Waals surface area contributed by atoms with Crippen molar-refractivity contribution in [2.24, 2.45) is 0 Å². The minimum absolute atomic E-state index is 0.614. The number of hydrogen-bond acceptors (Lipinski definition) is 5. The molecule has 0 unspecified atom stereocenters. The van der Waals surface area contributed by atoms with Crippen LogP contribution in [-0.2, 0) is 19.6 Å². The maximum absolute atomic E-state index is 4.29. The number of nitrogens with zero attached hydrogens (tertiary/aromatic N) is 6. The first-order valence-corrected chi connectivity index (χ1v) is 6.79. The van der Waals surface area contributed by atoms with Crippen LogP contribution in [0.2, 0.25) is 0 Å². The fourth-order valence-electron chi connectivity index (χ4n) is 1.88. The Hall–Kier alpha value is -1.76. The quantitative estimate of drug-likeness (QED) is 0.714. The van der Waals surface area contributed by atoms with E-state index in [9.17, 15) is 0 Å². The van der Waals surface area contributed by atoms with Gasteiger partial charge < -0.3 is 5.32 Å². The van der Waals surface area contributed by atoms with Gasteiger partial charge in [0.2, 0.25) is 0 Å². The number of aryl methyl sites for hydroxylation is 1. The Labute approximate surface area is 113 Å². The number of aromatic nitrogens is 6. The lowest BCUT2D eigenvalue weighted by Gasteiger charge is -2.07. The maximum atomic E-state index is 4.29. The molecule has 7 nitrogen and oxygen atoms in total. The molecule has 104 valence electrons. The summed E-state index contributed by atoms with van der Waals surface area (Å²) in [6.07, 6.45) is 5.33. The van der Waals surface area contributed by atoms with Gasteiger partial charge in [-0.1, -0.05) is 13.8 Å². The molecule has 0 bridgehead atoms. The zero-order chi connectivity index (χ0) is 13.5. The van der Waals surface area contributed by atoms with Gasteiger partial charge in [0.1, 0.15) is 30.8 Å². The van der Waals surface area contributed by atoms with Crippen molar-refractivity contribution in [2.75, 3.05) is 6.54 Å². The van der Waals surface area contributed by atoms with Crippen LogP contribution in [0.4, 0.5) is 0 Å². The SMILES string of the molecule is CCCNCc1ncnn1Cc1ncnn1CCC. The van der Waals surface area contributed by atoms with Crippen molar-refractivity contribution >= 4 is 0 Å². The molecule has 0 aliphatic carbocycles. The van der Waals surface area contributed by atoms with E-state index in [0.29, 0.717) is 6.54 Å². The summed E-state index contributed by atoms with van der Waals surface area (Å²) < 4.78 is 3.80. The Balaban J connectivity index is 2.02. The summed E-state index contributed by atoms with van der Waals surface area (Å²) in [4.78, 5) is 8.57. The summed E-state index contributed by atoms with van der Waals surface area (Å²) in [6.45, 7) is 7.48. The zero-order valence-corrected chi connectivity index (χ0v) is 11.6. The highest BCUT2D eigenvalue weighted by Gasteiger charge is 2.09. The molecular formula is C12H21N7. The zero-order valence-electron chi connectivity index (χ0n) is 11.6. The molecule has 0 fully saturated rings. The summed E-state index contributed by atoms with van der Waals surface area (Å²) in [6, 6.07) is 0. The van der Waals surface area contributed by atoms with Gasteiger partial charge in [0, 0.05) is 6.54 Å². The van der Waals surface area contributed by atoms with Gasteiger partial charge in [0.15, 0.2) is 0 Å². The largest absolute Gasteiger partial charge is 0.310 e. The third-order valence-electron chi connectivity index (χ3n) is 2.83. The molecule has 0 amide bonds. The van der Waals surface area contributed by atoms with Crippen LogP contribution in [0, 0.1) is 0 Å². The molecule has 0 aliphatic rings. The van der Waals surface area contributed by atoms with Gasteiger partial charge in [-0.2, -0.15) is 10.2 Å². The van der Waals surface area contributed by atoms with Crippen LogP contribution in [0.25, 0.3) is 0 Å². The fourth-order valence-corrected chi connectivity index (χ4v) is 1.88. The second-order valence-electron chi connectivity index (χ2n) is 4.41. The Kier molecular flexibility index (Phi) is 5.02. The van der Waals surface area contributed by atoms with E-state index < -0.39 is 0 Å². The van der Waals surface area contributed by atoms with Crippen molar-refractivity contribution in [3.05, 3.63) is 24.3 Å². The van der Waals surface area contributed by atoms with Gasteiger partial charge in [0.05, 0.1) is 6.54 Å². The topological polar surface area (TPSA) is 73.5 Å². The monoisotopic (exact) mass is 263 g/mol. The van der Waals surface area contributed by atoms with Gasteiger partial charge >= 0.3 is 0 Å². The molecule has 7 heteroatoms. The standard InChI is InChI=1S/C12H21N7/c1-3-5-13-7-11-14-9-17-19(11)8-12-15-10-16-18(12)6-4-2/h9-10,13H,3-8H2,1-2H3. The van der Waals surface area contributed by atoms with Gasteiger partial charge in [-0.25, -0.2) is 19.3 Å². The van der Waals surface area contributed by atoms with E-state index in [4.69, 9.17) is 0 Å². The maximum Gasteiger partial charge on any atom is 0.148 e. The lowest BCUT2D eigenvalue weighted by Crippen LogP contribution is -2.20. The number of hydrogen-bond donors (Lipinski definition) is 1. The molecule has 2 aromatic heterocycles. The van der Waals surface area contributed by atoms with Gasteiger partial charge in [0.25, 0.3) is 0 Å². The van der Waals surface area contributed by atoms with Crippen LogP contribution in [0.5, 0.6) is 0 Å². The highest BCUT2D eigenvalue weighted by Crippen LogP contribution is 2.02. The Morgan fingerprint density at radius 2 is 1.74 bits per heavy atom. The van der Waals surface area contributed by atoms with Crippen LogP contribution in [0.1, 0.15) is 38.3 Å².